The fourth-order valence-electron chi connectivity index (χ4n) is 1.19. The second kappa shape index (κ2) is 4.12. The van der Waals surface area contributed by atoms with Gasteiger partial charge < -0.3 is 10.2 Å². The van der Waals surface area contributed by atoms with Crippen molar-refractivity contribution >= 4 is 11.9 Å². The van der Waals surface area contributed by atoms with Gasteiger partial charge in [0, 0.05) is 6.20 Å². The molecule has 0 saturated carbocycles. The van der Waals surface area contributed by atoms with Gasteiger partial charge in [0.25, 0.3) is 0 Å². The third-order valence-corrected chi connectivity index (χ3v) is 2.13. The van der Waals surface area contributed by atoms with Crippen LogP contribution in [0.2, 0.25) is 0 Å². The number of carboxylic acids is 2. The first kappa shape index (κ1) is 11.2. The molecule has 0 fully saturated rings. The van der Waals surface area contributed by atoms with E-state index >= 15 is 0 Å². The highest BCUT2D eigenvalue weighted by Gasteiger charge is 2.24. The Morgan fingerprint density at radius 2 is 2.07 bits per heavy atom. The molecule has 1 unspecified atom stereocenters. The van der Waals surface area contributed by atoms with E-state index in [9.17, 15) is 9.59 Å². The molecule has 0 saturated heterocycles. The van der Waals surface area contributed by atoms with Gasteiger partial charge in [-0.25, -0.2) is 4.79 Å². The molecule has 2 N–H and O–H groups in total. The molecular weight excluding hydrogens is 200 g/mol. The van der Waals surface area contributed by atoms with Crippen LogP contribution >= 0.6 is 0 Å². The molecule has 0 aliphatic rings. The molecule has 6 nitrogen and oxygen atoms in total. The molecular formula is C9H12N2O4. The largest absolute Gasteiger partial charge is 0.481 e. The zero-order chi connectivity index (χ0) is 11.6. The van der Waals surface area contributed by atoms with Crippen LogP contribution in [-0.2, 0) is 9.59 Å². The maximum absolute atomic E-state index is 10.8. The minimum Gasteiger partial charge on any atom is -0.481 e. The van der Waals surface area contributed by atoms with Crippen molar-refractivity contribution in [2.75, 3.05) is 0 Å². The van der Waals surface area contributed by atoms with Gasteiger partial charge in [-0.15, -0.1) is 0 Å². The maximum Gasteiger partial charge on any atom is 0.329 e. The standard InChI is InChI=1S/C9H12N2O4/c1-5-4-11(10-6(5)2)7(9(14)15)3-8(12)13/h4,7H,3H2,1-2H3,(H,12,13)(H,14,15). The highest BCUT2D eigenvalue weighted by molar-refractivity contribution is 5.79. The Labute approximate surface area is 86.1 Å². The van der Waals surface area contributed by atoms with Gasteiger partial charge in [-0.2, -0.15) is 5.10 Å². The van der Waals surface area contributed by atoms with Crippen molar-refractivity contribution in [3.63, 3.8) is 0 Å². The lowest BCUT2D eigenvalue weighted by Crippen LogP contribution is -2.22. The number of aryl methyl sites for hydroxylation is 2. The van der Waals surface area contributed by atoms with E-state index in [1.807, 2.05) is 0 Å². The van der Waals surface area contributed by atoms with Crippen molar-refractivity contribution in [3.8, 4) is 0 Å². The summed E-state index contributed by atoms with van der Waals surface area (Å²) in [5.74, 6) is -2.35. The number of nitrogens with zero attached hydrogens (tertiary/aromatic N) is 2. The normalized spacial score (nSPS) is 12.4. The Bertz CT molecular complexity index is 377. The van der Waals surface area contributed by atoms with Gasteiger partial charge in [-0.3, -0.25) is 9.48 Å². The Balaban J connectivity index is 2.99. The minimum atomic E-state index is -1.19. The zero-order valence-electron chi connectivity index (χ0n) is 8.47. The zero-order valence-corrected chi connectivity index (χ0v) is 8.47. The molecule has 0 spiro atoms. The fraction of sp³-hybridized carbons (Fsp3) is 0.444. The molecule has 1 aromatic heterocycles. The van der Waals surface area contributed by atoms with E-state index < -0.39 is 24.4 Å². The van der Waals surface area contributed by atoms with E-state index in [1.165, 1.54) is 10.9 Å². The molecule has 0 aromatic carbocycles. The lowest BCUT2D eigenvalue weighted by Gasteiger charge is -2.09. The van der Waals surface area contributed by atoms with Crippen LogP contribution in [0.4, 0.5) is 0 Å². The smallest absolute Gasteiger partial charge is 0.329 e. The SMILES string of the molecule is Cc1cn(C(CC(=O)O)C(=O)O)nc1C. The molecule has 0 aliphatic carbocycles. The van der Waals surface area contributed by atoms with E-state index in [-0.39, 0.29) is 0 Å². The van der Waals surface area contributed by atoms with Gasteiger partial charge >= 0.3 is 11.9 Å². The van der Waals surface area contributed by atoms with Gasteiger partial charge in [0.2, 0.25) is 0 Å². The van der Waals surface area contributed by atoms with E-state index in [4.69, 9.17) is 10.2 Å². The fourth-order valence-corrected chi connectivity index (χ4v) is 1.19. The first-order valence-electron chi connectivity index (χ1n) is 4.38. The summed E-state index contributed by atoms with van der Waals surface area (Å²) in [5, 5.41) is 21.4. The summed E-state index contributed by atoms with van der Waals surface area (Å²) in [7, 11) is 0. The molecule has 0 amide bonds. The first-order chi connectivity index (χ1) is 6.91. The molecule has 0 aliphatic heterocycles. The Morgan fingerprint density at radius 1 is 1.47 bits per heavy atom. The molecule has 1 aromatic rings. The third kappa shape index (κ3) is 2.55. The monoisotopic (exact) mass is 212 g/mol. The summed E-state index contributed by atoms with van der Waals surface area (Å²) in [4.78, 5) is 21.3. The second-order valence-electron chi connectivity index (χ2n) is 3.33. The number of carbonyl (C=O) groups is 2. The highest BCUT2D eigenvalue weighted by atomic mass is 16.4. The Kier molecular flexibility index (Phi) is 3.08. The molecule has 0 radical (unpaired) electrons. The predicted molar refractivity (Wildman–Crippen MR) is 50.6 cm³/mol. The number of hydrogen-bond donors (Lipinski definition) is 2. The Hall–Kier alpha value is -1.85. The van der Waals surface area contributed by atoms with Gasteiger partial charge in [-0.05, 0) is 19.4 Å². The lowest BCUT2D eigenvalue weighted by molar-refractivity contribution is -0.147. The molecule has 1 heterocycles. The topological polar surface area (TPSA) is 92.4 Å². The molecule has 0 bridgehead atoms. The molecule has 1 rings (SSSR count). The Morgan fingerprint density at radius 3 is 2.40 bits per heavy atom. The van der Waals surface area contributed by atoms with Crippen molar-refractivity contribution in [2.45, 2.75) is 26.3 Å². The average molecular weight is 212 g/mol. The number of aliphatic carboxylic acids is 2. The quantitative estimate of drug-likeness (QED) is 0.762. The van der Waals surface area contributed by atoms with Crippen molar-refractivity contribution < 1.29 is 19.8 Å². The van der Waals surface area contributed by atoms with Crippen LogP contribution in [0.15, 0.2) is 6.20 Å². The predicted octanol–water partition coefficient (Wildman–Crippen LogP) is 0.600. The lowest BCUT2D eigenvalue weighted by atomic mass is 10.2. The van der Waals surface area contributed by atoms with Crippen LogP contribution in [0.3, 0.4) is 0 Å². The molecule has 1 atom stereocenters. The number of aromatic nitrogens is 2. The van der Waals surface area contributed by atoms with Crippen LogP contribution in [-0.4, -0.2) is 31.9 Å². The van der Waals surface area contributed by atoms with Gasteiger partial charge in [0.1, 0.15) is 0 Å². The maximum atomic E-state index is 10.8. The summed E-state index contributed by atoms with van der Waals surface area (Å²) < 4.78 is 1.18. The summed E-state index contributed by atoms with van der Waals surface area (Å²) >= 11 is 0. The molecule has 6 heteroatoms. The summed E-state index contributed by atoms with van der Waals surface area (Å²) in [6.07, 6.45) is 1.06. The summed E-state index contributed by atoms with van der Waals surface area (Å²) in [6.45, 7) is 3.53. The number of carboxylic acid groups (broad SMARTS) is 2. The highest BCUT2D eigenvalue weighted by Crippen LogP contribution is 2.14. The second-order valence-corrected chi connectivity index (χ2v) is 3.33. The van der Waals surface area contributed by atoms with Crippen molar-refractivity contribution in [3.05, 3.63) is 17.5 Å². The minimum absolute atomic E-state index is 0.476. The third-order valence-electron chi connectivity index (χ3n) is 2.13. The van der Waals surface area contributed by atoms with Crippen LogP contribution in [0.1, 0.15) is 23.7 Å². The average Bonchev–Trinajstić information content (AvgIpc) is 2.42. The summed E-state index contributed by atoms with van der Waals surface area (Å²) in [6, 6.07) is -1.14. The van der Waals surface area contributed by atoms with E-state index in [0.29, 0.717) is 5.69 Å². The summed E-state index contributed by atoms with van der Waals surface area (Å²) in [5.41, 5.74) is 1.54. The molecule has 15 heavy (non-hydrogen) atoms. The van der Waals surface area contributed by atoms with Crippen molar-refractivity contribution in [1.29, 1.82) is 0 Å². The van der Waals surface area contributed by atoms with Crippen LogP contribution in [0.5, 0.6) is 0 Å². The number of rotatable bonds is 4. The van der Waals surface area contributed by atoms with E-state index in [2.05, 4.69) is 5.10 Å². The van der Waals surface area contributed by atoms with Crippen LogP contribution in [0.25, 0.3) is 0 Å². The molecule has 82 valence electrons. The van der Waals surface area contributed by atoms with Gasteiger partial charge in [-0.1, -0.05) is 0 Å². The van der Waals surface area contributed by atoms with E-state index in [1.54, 1.807) is 13.8 Å². The van der Waals surface area contributed by atoms with Gasteiger partial charge in [0.05, 0.1) is 12.1 Å². The van der Waals surface area contributed by atoms with Crippen LogP contribution < -0.4 is 0 Å². The number of hydrogen-bond acceptors (Lipinski definition) is 3. The first-order valence-corrected chi connectivity index (χ1v) is 4.38. The van der Waals surface area contributed by atoms with Gasteiger partial charge in [0.15, 0.2) is 6.04 Å². The van der Waals surface area contributed by atoms with E-state index in [0.717, 1.165) is 5.56 Å². The van der Waals surface area contributed by atoms with Crippen LogP contribution in [0, 0.1) is 13.8 Å². The van der Waals surface area contributed by atoms with Crippen molar-refractivity contribution in [2.24, 2.45) is 0 Å². The van der Waals surface area contributed by atoms with Crippen molar-refractivity contribution in [1.82, 2.24) is 9.78 Å².